The number of hydrogen-bond acceptors (Lipinski definition) is 3. The highest BCUT2D eigenvalue weighted by atomic mass is 79.9. The first kappa shape index (κ1) is 22.6. The molecular formula is C31H22BrNO2. The van der Waals surface area contributed by atoms with Gasteiger partial charge in [0.15, 0.2) is 6.29 Å². The summed E-state index contributed by atoms with van der Waals surface area (Å²) in [6, 6.07) is 40.2. The van der Waals surface area contributed by atoms with Crippen LogP contribution in [0, 0.1) is 0 Å². The van der Waals surface area contributed by atoms with E-state index in [0.717, 1.165) is 39.3 Å². The zero-order chi connectivity index (χ0) is 24.2. The summed E-state index contributed by atoms with van der Waals surface area (Å²) in [4.78, 5) is 13.6. The number of benzene rings is 5. The van der Waals surface area contributed by atoms with E-state index in [1.807, 2.05) is 72.8 Å². The van der Waals surface area contributed by atoms with Crippen molar-refractivity contribution in [1.82, 2.24) is 0 Å². The fraction of sp³-hybridized carbons (Fsp3) is 0. The van der Waals surface area contributed by atoms with Gasteiger partial charge in [0.05, 0.1) is 16.9 Å². The van der Waals surface area contributed by atoms with Crippen LogP contribution in [0.2, 0.25) is 0 Å². The van der Waals surface area contributed by atoms with Crippen molar-refractivity contribution in [2.45, 2.75) is 0 Å². The third-order valence-electron chi connectivity index (χ3n) is 5.91. The van der Waals surface area contributed by atoms with Crippen molar-refractivity contribution >= 4 is 39.3 Å². The Kier molecular flexibility index (Phi) is 6.47. The Balaban J connectivity index is 1.85. The second kappa shape index (κ2) is 10.00. The van der Waals surface area contributed by atoms with E-state index in [9.17, 15) is 9.90 Å². The molecule has 0 radical (unpaired) electrons. The maximum absolute atomic E-state index is 11.4. The zero-order valence-corrected chi connectivity index (χ0v) is 20.4. The van der Waals surface area contributed by atoms with Crippen molar-refractivity contribution < 1.29 is 9.90 Å². The molecule has 0 atom stereocenters. The predicted octanol–water partition coefficient (Wildman–Crippen LogP) is 8.77. The van der Waals surface area contributed by atoms with E-state index in [-0.39, 0.29) is 11.3 Å². The molecule has 0 amide bonds. The van der Waals surface area contributed by atoms with Gasteiger partial charge in [0, 0.05) is 21.8 Å². The third kappa shape index (κ3) is 4.48. The Morgan fingerprint density at radius 1 is 0.657 bits per heavy atom. The summed E-state index contributed by atoms with van der Waals surface area (Å²) in [5.74, 6) is -0.0698. The van der Waals surface area contributed by atoms with Crippen molar-refractivity contribution in [2.75, 3.05) is 4.90 Å². The predicted molar refractivity (Wildman–Crippen MR) is 147 cm³/mol. The topological polar surface area (TPSA) is 40.5 Å². The number of anilines is 3. The normalized spacial score (nSPS) is 10.7. The summed E-state index contributed by atoms with van der Waals surface area (Å²) in [7, 11) is 0. The van der Waals surface area contributed by atoms with Crippen LogP contribution in [0.4, 0.5) is 17.1 Å². The lowest BCUT2D eigenvalue weighted by molar-refractivity contribution is 0.112. The van der Waals surface area contributed by atoms with Crippen molar-refractivity contribution in [3.05, 3.63) is 131 Å². The van der Waals surface area contributed by atoms with E-state index in [4.69, 9.17) is 0 Å². The quantitative estimate of drug-likeness (QED) is 0.228. The summed E-state index contributed by atoms with van der Waals surface area (Å²) in [5.41, 5.74) is 7.18. The molecule has 0 saturated carbocycles. The van der Waals surface area contributed by atoms with Crippen LogP contribution >= 0.6 is 15.9 Å². The van der Waals surface area contributed by atoms with Crippen LogP contribution in [-0.4, -0.2) is 11.4 Å². The molecule has 170 valence electrons. The molecule has 0 unspecified atom stereocenters. The van der Waals surface area contributed by atoms with Gasteiger partial charge in [0.25, 0.3) is 0 Å². The van der Waals surface area contributed by atoms with Gasteiger partial charge in [-0.3, -0.25) is 4.79 Å². The lowest BCUT2D eigenvalue weighted by atomic mass is 9.92. The lowest BCUT2D eigenvalue weighted by Crippen LogP contribution is -2.12. The van der Waals surface area contributed by atoms with Crippen LogP contribution < -0.4 is 4.90 Å². The van der Waals surface area contributed by atoms with Gasteiger partial charge in [-0.05, 0) is 56.9 Å². The number of carbonyl (C=O) groups is 1. The molecule has 3 nitrogen and oxygen atoms in total. The van der Waals surface area contributed by atoms with Crippen molar-refractivity contribution in [1.29, 1.82) is 0 Å². The van der Waals surface area contributed by atoms with Crippen molar-refractivity contribution in [3.8, 4) is 28.0 Å². The van der Waals surface area contributed by atoms with E-state index in [2.05, 4.69) is 57.2 Å². The molecule has 0 fully saturated rings. The number of aromatic hydroxyl groups is 1. The minimum atomic E-state index is -0.0698. The van der Waals surface area contributed by atoms with Gasteiger partial charge in [-0.15, -0.1) is 0 Å². The van der Waals surface area contributed by atoms with E-state index >= 15 is 0 Å². The number of phenols is 1. The van der Waals surface area contributed by atoms with Gasteiger partial charge in [-0.25, -0.2) is 0 Å². The van der Waals surface area contributed by atoms with E-state index in [0.29, 0.717) is 10.8 Å². The Hall–Kier alpha value is -4.15. The maximum atomic E-state index is 11.4. The molecule has 0 saturated heterocycles. The number of phenolic OH excluding ortho intramolecular Hbond substituents is 1. The molecule has 0 spiro atoms. The molecule has 1 N–H and O–H groups in total. The summed E-state index contributed by atoms with van der Waals surface area (Å²) in [6.07, 6.45) is 0.655. The van der Waals surface area contributed by atoms with Crippen LogP contribution in [0.15, 0.2) is 126 Å². The maximum Gasteiger partial charge on any atom is 0.153 e. The van der Waals surface area contributed by atoms with Crippen LogP contribution in [0.25, 0.3) is 22.3 Å². The average Bonchev–Trinajstić information content (AvgIpc) is 2.92. The Morgan fingerprint density at radius 3 is 1.89 bits per heavy atom. The molecule has 35 heavy (non-hydrogen) atoms. The highest BCUT2D eigenvalue weighted by Crippen LogP contribution is 2.47. The molecule has 0 aliphatic carbocycles. The summed E-state index contributed by atoms with van der Waals surface area (Å²) in [6.45, 7) is 0. The highest BCUT2D eigenvalue weighted by Gasteiger charge is 2.23. The molecule has 0 bridgehead atoms. The van der Waals surface area contributed by atoms with Crippen molar-refractivity contribution in [3.63, 3.8) is 0 Å². The second-order valence-electron chi connectivity index (χ2n) is 8.08. The summed E-state index contributed by atoms with van der Waals surface area (Å²) in [5, 5.41) is 10.6. The average molecular weight is 520 g/mol. The zero-order valence-electron chi connectivity index (χ0n) is 18.8. The SMILES string of the molecule is O=Cc1cc(Br)c(N(c2ccccc2)c2cccc(-c3ccccc3)c2-c2ccccc2)cc1O. The van der Waals surface area contributed by atoms with Gasteiger partial charge in [-0.1, -0.05) is 91.0 Å². The number of aldehydes is 1. The van der Waals surface area contributed by atoms with Gasteiger partial charge in [-0.2, -0.15) is 0 Å². The van der Waals surface area contributed by atoms with Crippen molar-refractivity contribution in [2.24, 2.45) is 0 Å². The number of hydrogen-bond donors (Lipinski definition) is 1. The molecular weight excluding hydrogens is 498 g/mol. The monoisotopic (exact) mass is 519 g/mol. The first-order chi connectivity index (χ1) is 17.2. The minimum Gasteiger partial charge on any atom is -0.507 e. The summed E-state index contributed by atoms with van der Waals surface area (Å²) < 4.78 is 0.699. The van der Waals surface area contributed by atoms with Crippen LogP contribution in [-0.2, 0) is 0 Å². The second-order valence-corrected chi connectivity index (χ2v) is 8.94. The molecule has 0 aliphatic rings. The number of carbonyl (C=O) groups excluding carboxylic acids is 1. The first-order valence-corrected chi connectivity index (χ1v) is 12.0. The summed E-state index contributed by atoms with van der Waals surface area (Å²) >= 11 is 3.65. The van der Waals surface area contributed by atoms with Crippen LogP contribution in [0.1, 0.15) is 10.4 Å². The van der Waals surface area contributed by atoms with E-state index in [1.165, 1.54) is 0 Å². The number of para-hydroxylation sites is 1. The van der Waals surface area contributed by atoms with Crippen LogP contribution in [0.3, 0.4) is 0 Å². The van der Waals surface area contributed by atoms with E-state index < -0.39 is 0 Å². The molecule has 4 heteroatoms. The fourth-order valence-corrected chi connectivity index (χ4v) is 4.85. The smallest absolute Gasteiger partial charge is 0.153 e. The minimum absolute atomic E-state index is 0.0698. The molecule has 5 aromatic rings. The molecule has 5 aromatic carbocycles. The Labute approximate surface area is 213 Å². The highest BCUT2D eigenvalue weighted by molar-refractivity contribution is 9.10. The van der Waals surface area contributed by atoms with Gasteiger partial charge in [0.1, 0.15) is 5.75 Å². The fourth-order valence-electron chi connectivity index (χ4n) is 4.31. The standard InChI is InChI=1S/C31H22BrNO2/c32-27-19-24(21-34)30(35)20-29(27)33(25-15-8-3-9-16-25)28-18-10-17-26(22-11-4-1-5-12-22)31(28)23-13-6-2-7-14-23/h1-21,35H. The molecule has 0 heterocycles. The van der Waals surface area contributed by atoms with Gasteiger partial charge >= 0.3 is 0 Å². The molecule has 0 aromatic heterocycles. The molecule has 5 rings (SSSR count). The van der Waals surface area contributed by atoms with Gasteiger partial charge in [0.2, 0.25) is 0 Å². The van der Waals surface area contributed by atoms with Crippen LogP contribution in [0.5, 0.6) is 5.75 Å². The number of nitrogens with zero attached hydrogens (tertiary/aromatic N) is 1. The first-order valence-electron chi connectivity index (χ1n) is 11.2. The Bertz CT molecular complexity index is 1470. The number of halogens is 1. The number of rotatable bonds is 6. The van der Waals surface area contributed by atoms with Gasteiger partial charge < -0.3 is 10.0 Å². The largest absolute Gasteiger partial charge is 0.507 e. The Morgan fingerprint density at radius 2 is 1.26 bits per heavy atom. The lowest BCUT2D eigenvalue weighted by Gasteiger charge is -2.30. The van der Waals surface area contributed by atoms with E-state index in [1.54, 1.807) is 12.1 Å². The molecule has 0 aliphatic heterocycles. The third-order valence-corrected chi connectivity index (χ3v) is 6.54.